The number of benzene rings is 1. The highest BCUT2D eigenvalue weighted by atomic mass is 35.5. The number of carbonyl (C=O) groups is 1. The van der Waals surface area contributed by atoms with Crippen LogP contribution in [0.3, 0.4) is 0 Å². The van der Waals surface area contributed by atoms with Crippen LogP contribution in [-0.4, -0.2) is 31.4 Å². The van der Waals surface area contributed by atoms with Gasteiger partial charge in [-0.15, -0.1) is 0 Å². The van der Waals surface area contributed by atoms with Crippen molar-refractivity contribution < 1.29 is 14.4 Å². The molecule has 0 bridgehead atoms. The van der Waals surface area contributed by atoms with Gasteiger partial charge in [-0.25, -0.2) is 0 Å². The summed E-state index contributed by atoms with van der Waals surface area (Å²) in [5.41, 5.74) is 6.39. The summed E-state index contributed by atoms with van der Waals surface area (Å²) in [5, 5.41) is 7.63. The maximum atomic E-state index is 11.0. The minimum atomic E-state index is -0.540. The fourth-order valence-corrected chi connectivity index (χ4v) is 2.33. The van der Waals surface area contributed by atoms with Gasteiger partial charge in [-0.2, -0.15) is 0 Å². The smallest absolute Gasteiger partial charge is 0.266 e. The van der Waals surface area contributed by atoms with Crippen molar-refractivity contribution in [2.24, 2.45) is 10.9 Å². The molecule has 0 aliphatic carbocycles. The number of primary amides is 1. The molecule has 2 atom stereocenters. The van der Waals surface area contributed by atoms with E-state index < -0.39 is 5.91 Å². The van der Waals surface area contributed by atoms with Gasteiger partial charge in [0.2, 0.25) is 0 Å². The lowest BCUT2D eigenvalue weighted by Crippen LogP contribution is -2.31. The van der Waals surface area contributed by atoms with E-state index in [2.05, 4.69) is 10.5 Å². The zero-order valence-electron chi connectivity index (χ0n) is 11.9. The van der Waals surface area contributed by atoms with Crippen molar-refractivity contribution >= 4 is 23.2 Å². The standard InChI is InChI=1S/C14H18ClN3O3/c1-8(11-5-9(15)3-4-13(11)20-2)17-7-10-6-12(14(16)19)18-21-10/h3-5,8,10,17H,6-7H2,1-2H3,(H2,16,19). The Kier molecular flexibility index (Phi) is 5.03. The summed E-state index contributed by atoms with van der Waals surface area (Å²) in [4.78, 5) is 16.1. The van der Waals surface area contributed by atoms with Crippen LogP contribution in [0, 0.1) is 0 Å². The van der Waals surface area contributed by atoms with Crippen LogP contribution in [0.25, 0.3) is 0 Å². The number of rotatable bonds is 6. The molecule has 0 radical (unpaired) electrons. The van der Waals surface area contributed by atoms with Crippen molar-refractivity contribution in [3.63, 3.8) is 0 Å². The summed E-state index contributed by atoms with van der Waals surface area (Å²) in [7, 11) is 1.62. The summed E-state index contributed by atoms with van der Waals surface area (Å²) >= 11 is 6.02. The minimum Gasteiger partial charge on any atom is -0.496 e. The largest absolute Gasteiger partial charge is 0.496 e. The molecule has 21 heavy (non-hydrogen) atoms. The molecular formula is C14H18ClN3O3. The molecule has 1 heterocycles. The number of hydrogen-bond acceptors (Lipinski definition) is 5. The first kappa shape index (κ1) is 15.6. The van der Waals surface area contributed by atoms with Gasteiger partial charge in [-0.05, 0) is 25.1 Å². The van der Waals surface area contributed by atoms with Crippen molar-refractivity contribution in [2.45, 2.75) is 25.5 Å². The lowest BCUT2D eigenvalue weighted by atomic mass is 10.1. The Bertz CT molecular complexity index is 562. The number of nitrogens with two attached hydrogens (primary N) is 1. The number of nitrogens with one attached hydrogen (secondary N) is 1. The molecule has 0 aromatic heterocycles. The molecule has 7 heteroatoms. The second-order valence-electron chi connectivity index (χ2n) is 4.85. The second kappa shape index (κ2) is 6.78. The van der Waals surface area contributed by atoms with Gasteiger partial charge in [0, 0.05) is 29.6 Å². The minimum absolute atomic E-state index is 0.0138. The number of hydrogen-bond donors (Lipinski definition) is 2. The Hall–Kier alpha value is -1.79. The third-order valence-corrected chi connectivity index (χ3v) is 3.56. The summed E-state index contributed by atoms with van der Waals surface area (Å²) in [6.45, 7) is 2.54. The molecule has 1 amide bonds. The molecule has 3 N–H and O–H groups in total. The van der Waals surface area contributed by atoms with E-state index >= 15 is 0 Å². The van der Waals surface area contributed by atoms with Crippen LogP contribution in [-0.2, 0) is 9.63 Å². The van der Waals surface area contributed by atoms with Crippen molar-refractivity contribution in [1.29, 1.82) is 0 Å². The SMILES string of the molecule is COc1ccc(Cl)cc1C(C)NCC1CC(C(N)=O)=NO1. The van der Waals surface area contributed by atoms with E-state index in [0.29, 0.717) is 18.0 Å². The maximum absolute atomic E-state index is 11.0. The Morgan fingerprint density at radius 2 is 2.43 bits per heavy atom. The van der Waals surface area contributed by atoms with Gasteiger partial charge in [-0.3, -0.25) is 4.79 Å². The highest BCUT2D eigenvalue weighted by molar-refractivity contribution is 6.38. The van der Waals surface area contributed by atoms with E-state index in [4.69, 9.17) is 26.9 Å². The average Bonchev–Trinajstić information content (AvgIpc) is 2.94. The van der Waals surface area contributed by atoms with E-state index in [-0.39, 0.29) is 17.9 Å². The quantitative estimate of drug-likeness (QED) is 0.836. The molecule has 2 unspecified atom stereocenters. The van der Waals surface area contributed by atoms with Gasteiger partial charge >= 0.3 is 0 Å². The highest BCUT2D eigenvalue weighted by Crippen LogP contribution is 2.28. The number of oxime groups is 1. The van der Waals surface area contributed by atoms with E-state index in [1.807, 2.05) is 19.1 Å². The fourth-order valence-electron chi connectivity index (χ4n) is 2.15. The van der Waals surface area contributed by atoms with Crippen molar-refractivity contribution in [3.8, 4) is 5.75 Å². The summed E-state index contributed by atoms with van der Waals surface area (Å²) < 4.78 is 5.33. The number of nitrogens with zero attached hydrogens (tertiary/aromatic N) is 1. The summed E-state index contributed by atoms with van der Waals surface area (Å²) in [5.74, 6) is 0.225. The first-order valence-corrected chi connectivity index (χ1v) is 6.98. The van der Waals surface area contributed by atoms with Crippen molar-refractivity contribution in [3.05, 3.63) is 28.8 Å². The number of halogens is 1. The van der Waals surface area contributed by atoms with Gasteiger partial charge in [0.05, 0.1) is 7.11 Å². The second-order valence-corrected chi connectivity index (χ2v) is 5.29. The van der Waals surface area contributed by atoms with Crippen LogP contribution >= 0.6 is 11.6 Å². The molecule has 6 nitrogen and oxygen atoms in total. The van der Waals surface area contributed by atoms with Gasteiger partial charge < -0.3 is 20.6 Å². The Labute approximate surface area is 128 Å². The van der Waals surface area contributed by atoms with Crippen LogP contribution in [0.4, 0.5) is 0 Å². The number of methoxy groups -OCH3 is 1. The first-order valence-electron chi connectivity index (χ1n) is 6.60. The number of amides is 1. The van der Waals surface area contributed by atoms with Gasteiger partial charge in [0.1, 0.15) is 17.6 Å². The normalized spacial score (nSPS) is 18.8. The van der Waals surface area contributed by atoms with Gasteiger partial charge in [0.15, 0.2) is 0 Å². The molecule has 0 saturated heterocycles. The molecule has 0 saturated carbocycles. The molecule has 0 fully saturated rings. The monoisotopic (exact) mass is 311 g/mol. The Morgan fingerprint density at radius 3 is 3.05 bits per heavy atom. The van der Waals surface area contributed by atoms with Gasteiger partial charge in [-0.1, -0.05) is 16.8 Å². The first-order chi connectivity index (χ1) is 10.0. The Balaban J connectivity index is 1.93. The molecule has 114 valence electrons. The zero-order chi connectivity index (χ0) is 15.4. The molecule has 0 spiro atoms. The molecule has 2 rings (SSSR count). The lowest BCUT2D eigenvalue weighted by molar-refractivity contribution is -0.112. The average molecular weight is 312 g/mol. The number of carbonyl (C=O) groups excluding carboxylic acids is 1. The third kappa shape index (κ3) is 3.86. The molecule has 1 aromatic rings. The third-order valence-electron chi connectivity index (χ3n) is 3.33. The predicted octanol–water partition coefficient (Wildman–Crippen LogP) is 1.63. The summed E-state index contributed by atoms with van der Waals surface area (Å²) in [6.07, 6.45) is 0.224. The summed E-state index contributed by atoms with van der Waals surface area (Å²) in [6, 6.07) is 5.48. The fraction of sp³-hybridized carbons (Fsp3) is 0.429. The highest BCUT2D eigenvalue weighted by Gasteiger charge is 2.25. The molecular weight excluding hydrogens is 294 g/mol. The molecule has 1 aromatic carbocycles. The van der Waals surface area contributed by atoms with E-state index in [1.165, 1.54) is 0 Å². The molecule has 1 aliphatic heterocycles. The van der Waals surface area contributed by atoms with E-state index in [0.717, 1.165) is 11.3 Å². The van der Waals surface area contributed by atoms with Crippen LogP contribution in [0.5, 0.6) is 5.75 Å². The van der Waals surface area contributed by atoms with Crippen LogP contribution in [0.15, 0.2) is 23.4 Å². The van der Waals surface area contributed by atoms with E-state index in [9.17, 15) is 4.79 Å². The Morgan fingerprint density at radius 1 is 1.67 bits per heavy atom. The topological polar surface area (TPSA) is 85.9 Å². The lowest BCUT2D eigenvalue weighted by Gasteiger charge is -2.19. The predicted molar refractivity (Wildman–Crippen MR) is 80.5 cm³/mol. The van der Waals surface area contributed by atoms with Crippen LogP contribution < -0.4 is 15.8 Å². The van der Waals surface area contributed by atoms with Crippen LogP contribution in [0.1, 0.15) is 24.9 Å². The molecule has 1 aliphatic rings. The van der Waals surface area contributed by atoms with Crippen molar-refractivity contribution in [2.75, 3.05) is 13.7 Å². The maximum Gasteiger partial charge on any atom is 0.266 e. The van der Waals surface area contributed by atoms with Crippen molar-refractivity contribution in [1.82, 2.24) is 5.32 Å². The van der Waals surface area contributed by atoms with E-state index in [1.54, 1.807) is 13.2 Å². The van der Waals surface area contributed by atoms with Crippen LogP contribution in [0.2, 0.25) is 5.02 Å². The van der Waals surface area contributed by atoms with Gasteiger partial charge in [0.25, 0.3) is 5.91 Å². The number of ether oxygens (including phenoxy) is 1. The zero-order valence-corrected chi connectivity index (χ0v) is 12.7.